The molecule has 6 heteroatoms. The van der Waals surface area contributed by atoms with Crippen molar-refractivity contribution >= 4 is 23.3 Å². The van der Waals surface area contributed by atoms with E-state index < -0.39 is 5.97 Å². The molecule has 0 atom stereocenters. The van der Waals surface area contributed by atoms with Gasteiger partial charge in [0.2, 0.25) is 0 Å². The highest BCUT2D eigenvalue weighted by atomic mass is 16.5. The molecular formula is C18H26N2O4. The molecule has 1 aromatic carbocycles. The smallest absolute Gasteiger partial charge is 0.340 e. The molecule has 0 spiro atoms. The summed E-state index contributed by atoms with van der Waals surface area (Å²) in [6.07, 6.45) is 4.64. The van der Waals surface area contributed by atoms with E-state index in [1.165, 1.54) is 4.90 Å². The SMILES string of the molecule is C=CCCCCOCC(=O)N(C)c1cc(N)ccc1C(=O)OCC. The summed E-state index contributed by atoms with van der Waals surface area (Å²) in [6.45, 7) is 6.10. The fourth-order valence-electron chi connectivity index (χ4n) is 2.09. The number of amides is 1. The van der Waals surface area contributed by atoms with Crippen molar-refractivity contribution in [3.63, 3.8) is 0 Å². The highest BCUT2D eigenvalue weighted by Crippen LogP contribution is 2.24. The third-order valence-corrected chi connectivity index (χ3v) is 3.43. The Morgan fingerprint density at radius 2 is 2.08 bits per heavy atom. The zero-order chi connectivity index (χ0) is 17.9. The maximum Gasteiger partial charge on any atom is 0.340 e. The first-order valence-electron chi connectivity index (χ1n) is 8.03. The van der Waals surface area contributed by atoms with Crippen LogP contribution in [0.2, 0.25) is 0 Å². The monoisotopic (exact) mass is 334 g/mol. The molecule has 0 aliphatic rings. The number of hydrogen-bond donors (Lipinski definition) is 1. The number of carbonyl (C=O) groups excluding carboxylic acids is 2. The molecule has 0 heterocycles. The lowest BCUT2D eigenvalue weighted by Crippen LogP contribution is -2.31. The van der Waals surface area contributed by atoms with Gasteiger partial charge in [-0.1, -0.05) is 6.08 Å². The van der Waals surface area contributed by atoms with Gasteiger partial charge in [-0.25, -0.2) is 4.79 Å². The number of rotatable bonds is 10. The number of nitrogens with zero attached hydrogens (tertiary/aromatic N) is 1. The molecule has 0 aromatic heterocycles. The Morgan fingerprint density at radius 3 is 2.75 bits per heavy atom. The second-order valence-corrected chi connectivity index (χ2v) is 5.29. The number of anilines is 2. The van der Waals surface area contributed by atoms with Gasteiger partial charge in [-0.3, -0.25) is 4.79 Å². The third-order valence-electron chi connectivity index (χ3n) is 3.43. The third kappa shape index (κ3) is 6.04. The van der Waals surface area contributed by atoms with E-state index in [9.17, 15) is 9.59 Å². The minimum atomic E-state index is -0.488. The molecule has 1 amide bonds. The van der Waals surface area contributed by atoms with E-state index in [4.69, 9.17) is 15.2 Å². The molecule has 132 valence electrons. The van der Waals surface area contributed by atoms with Crippen molar-refractivity contribution in [1.82, 2.24) is 0 Å². The van der Waals surface area contributed by atoms with E-state index in [-0.39, 0.29) is 19.1 Å². The summed E-state index contributed by atoms with van der Waals surface area (Å²) in [7, 11) is 1.58. The van der Waals surface area contributed by atoms with Gasteiger partial charge in [-0.2, -0.15) is 0 Å². The van der Waals surface area contributed by atoms with Crippen LogP contribution in [0.25, 0.3) is 0 Å². The number of carbonyl (C=O) groups is 2. The number of likely N-dealkylation sites (N-methyl/N-ethyl adjacent to an activating group) is 1. The number of nitrogens with two attached hydrogens (primary N) is 1. The molecule has 0 saturated heterocycles. The van der Waals surface area contributed by atoms with Gasteiger partial charge >= 0.3 is 5.97 Å². The first-order chi connectivity index (χ1) is 11.5. The number of ether oxygens (including phenoxy) is 2. The van der Waals surface area contributed by atoms with Crippen LogP contribution in [0.4, 0.5) is 11.4 Å². The van der Waals surface area contributed by atoms with Gasteiger partial charge in [-0.15, -0.1) is 6.58 Å². The molecule has 0 aliphatic heterocycles. The summed E-state index contributed by atoms with van der Waals surface area (Å²) in [5, 5.41) is 0. The Morgan fingerprint density at radius 1 is 1.33 bits per heavy atom. The quantitative estimate of drug-likeness (QED) is 0.308. The second-order valence-electron chi connectivity index (χ2n) is 5.29. The van der Waals surface area contributed by atoms with Crippen molar-refractivity contribution in [2.75, 3.05) is 37.5 Å². The maximum atomic E-state index is 12.3. The minimum Gasteiger partial charge on any atom is -0.462 e. The van der Waals surface area contributed by atoms with Gasteiger partial charge in [0.1, 0.15) is 6.61 Å². The van der Waals surface area contributed by atoms with Gasteiger partial charge in [0, 0.05) is 19.3 Å². The van der Waals surface area contributed by atoms with E-state index in [2.05, 4.69) is 6.58 Å². The molecule has 1 aromatic rings. The van der Waals surface area contributed by atoms with Crippen LogP contribution in [0.5, 0.6) is 0 Å². The Labute approximate surface area is 143 Å². The van der Waals surface area contributed by atoms with Crippen LogP contribution < -0.4 is 10.6 Å². The summed E-state index contributed by atoms with van der Waals surface area (Å²) in [6, 6.07) is 4.74. The molecule has 0 unspecified atom stereocenters. The lowest BCUT2D eigenvalue weighted by molar-refractivity contribution is -0.122. The lowest BCUT2D eigenvalue weighted by atomic mass is 10.1. The van der Waals surface area contributed by atoms with Crippen LogP contribution in [0.3, 0.4) is 0 Å². The standard InChI is InChI=1S/C18H26N2O4/c1-4-6-7-8-11-23-13-17(21)20(3)16-12-14(19)9-10-15(16)18(22)24-5-2/h4,9-10,12H,1,5-8,11,13,19H2,2-3H3. The predicted octanol–water partition coefficient (Wildman–Crippen LogP) is 2.78. The number of benzene rings is 1. The van der Waals surface area contributed by atoms with Crippen LogP contribution in [-0.4, -0.2) is 38.7 Å². The highest BCUT2D eigenvalue weighted by molar-refractivity contribution is 6.03. The molecule has 0 saturated carbocycles. The molecule has 6 nitrogen and oxygen atoms in total. The Bertz CT molecular complexity index is 572. The summed E-state index contributed by atoms with van der Waals surface area (Å²) in [5.74, 6) is -0.743. The van der Waals surface area contributed by atoms with Crippen molar-refractivity contribution in [3.8, 4) is 0 Å². The van der Waals surface area contributed by atoms with E-state index in [0.29, 0.717) is 23.5 Å². The maximum absolute atomic E-state index is 12.3. The van der Waals surface area contributed by atoms with E-state index >= 15 is 0 Å². The van der Waals surface area contributed by atoms with E-state index in [1.54, 1.807) is 32.2 Å². The summed E-state index contributed by atoms with van der Waals surface area (Å²) in [4.78, 5) is 25.7. The number of esters is 1. The van der Waals surface area contributed by atoms with Crippen molar-refractivity contribution < 1.29 is 19.1 Å². The van der Waals surface area contributed by atoms with Gasteiger partial charge in [-0.05, 0) is 44.4 Å². The second kappa shape index (κ2) is 10.4. The highest BCUT2D eigenvalue weighted by Gasteiger charge is 2.20. The normalized spacial score (nSPS) is 10.2. The van der Waals surface area contributed by atoms with Gasteiger partial charge < -0.3 is 20.1 Å². The lowest BCUT2D eigenvalue weighted by Gasteiger charge is -2.20. The zero-order valence-electron chi connectivity index (χ0n) is 14.4. The largest absolute Gasteiger partial charge is 0.462 e. The Kier molecular flexibility index (Phi) is 8.57. The first kappa shape index (κ1) is 19.7. The molecular weight excluding hydrogens is 308 g/mol. The molecule has 0 aliphatic carbocycles. The fraction of sp³-hybridized carbons (Fsp3) is 0.444. The molecule has 0 bridgehead atoms. The zero-order valence-corrected chi connectivity index (χ0v) is 14.4. The topological polar surface area (TPSA) is 81.9 Å². The van der Waals surface area contributed by atoms with Crippen LogP contribution in [0.15, 0.2) is 30.9 Å². The van der Waals surface area contributed by atoms with Crippen molar-refractivity contribution in [2.24, 2.45) is 0 Å². The molecule has 2 N–H and O–H groups in total. The minimum absolute atomic E-state index is 0.0539. The van der Waals surface area contributed by atoms with Crippen molar-refractivity contribution in [1.29, 1.82) is 0 Å². The van der Waals surface area contributed by atoms with Crippen LogP contribution >= 0.6 is 0 Å². The molecule has 24 heavy (non-hydrogen) atoms. The average Bonchev–Trinajstić information content (AvgIpc) is 2.57. The van der Waals surface area contributed by atoms with Gasteiger partial charge in [0.05, 0.1) is 17.9 Å². The van der Waals surface area contributed by atoms with E-state index in [0.717, 1.165) is 19.3 Å². The predicted molar refractivity (Wildman–Crippen MR) is 95.1 cm³/mol. The molecule has 0 radical (unpaired) electrons. The summed E-state index contributed by atoms with van der Waals surface area (Å²) >= 11 is 0. The van der Waals surface area contributed by atoms with Gasteiger partial charge in [0.25, 0.3) is 5.91 Å². The molecule has 0 fully saturated rings. The fourth-order valence-corrected chi connectivity index (χ4v) is 2.09. The number of allylic oxidation sites excluding steroid dienone is 1. The number of unbranched alkanes of at least 4 members (excludes halogenated alkanes) is 2. The van der Waals surface area contributed by atoms with Crippen molar-refractivity contribution in [3.05, 3.63) is 36.4 Å². The Balaban J connectivity index is 2.69. The summed E-state index contributed by atoms with van der Waals surface area (Å²) in [5.41, 5.74) is 6.95. The first-order valence-corrected chi connectivity index (χ1v) is 8.03. The summed E-state index contributed by atoms with van der Waals surface area (Å²) < 4.78 is 10.4. The molecule has 1 rings (SSSR count). The number of nitrogen functional groups attached to an aromatic ring is 1. The van der Waals surface area contributed by atoms with Crippen LogP contribution in [-0.2, 0) is 14.3 Å². The number of hydrogen-bond acceptors (Lipinski definition) is 5. The van der Waals surface area contributed by atoms with Crippen LogP contribution in [0, 0.1) is 0 Å². The van der Waals surface area contributed by atoms with Gasteiger partial charge in [0.15, 0.2) is 0 Å². The van der Waals surface area contributed by atoms with E-state index in [1.807, 2.05) is 6.08 Å². The average molecular weight is 334 g/mol. The van der Waals surface area contributed by atoms with Crippen LogP contribution in [0.1, 0.15) is 36.5 Å². The van der Waals surface area contributed by atoms with Crippen molar-refractivity contribution in [2.45, 2.75) is 26.2 Å². The Hall–Kier alpha value is -2.34.